The van der Waals surface area contributed by atoms with Gasteiger partial charge >= 0.3 is 59.1 Å². The predicted octanol–water partition coefficient (Wildman–Crippen LogP) is 1.53. The third-order valence-corrected chi connectivity index (χ3v) is 10.8. The molecule has 2 amide bonds. The van der Waals surface area contributed by atoms with Crippen molar-refractivity contribution in [2.75, 3.05) is 10.0 Å². The number of azo groups is 2. The van der Waals surface area contributed by atoms with E-state index in [1.807, 2.05) is 0 Å². The standard InChI is InChI=1S/C32H22Cl4N8O8S2.2Na/c1-15-27(31(45)43(41-15)29-21(33)5-3-7-25(29)53(47,48)49)39-37-17-9-11-19(23(35)13-17)20-12-10-18(14-24(20)36)38-40-28-16(2)42-44(32(28)46)30-22(34)6-4-8-26(30)54(50,51)52;;/h3-14,27-28H,1-2H3,(H,47,48,49)(H,50,51,52);;/q;2*+1/p-2. The molecule has 0 spiro atoms. The van der Waals surface area contributed by atoms with Gasteiger partial charge in [0.15, 0.2) is 12.1 Å². The minimum atomic E-state index is -5.00. The van der Waals surface area contributed by atoms with Crippen LogP contribution in [0.5, 0.6) is 0 Å². The number of rotatable bonds is 9. The molecule has 2 atom stereocenters. The van der Waals surface area contributed by atoms with E-state index in [4.69, 9.17) is 46.4 Å². The van der Waals surface area contributed by atoms with Crippen molar-refractivity contribution in [3.05, 3.63) is 92.9 Å². The fourth-order valence-corrected chi connectivity index (χ4v) is 7.85. The molecule has 0 bridgehead atoms. The summed E-state index contributed by atoms with van der Waals surface area (Å²) in [6.45, 7) is 2.95. The Morgan fingerprint density at radius 2 is 0.946 bits per heavy atom. The number of nitrogens with zero attached hydrogens (tertiary/aromatic N) is 8. The van der Waals surface area contributed by atoms with Crippen LogP contribution in [0.25, 0.3) is 11.1 Å². The van der Waals surface area contributed by atoms with Crippen LogP contribution in [-0.2, 0) is 29.8 Å². The van der Waals surface area contributed by atoms with E-state index in [9.17, 15) is 35.5 Å². The normalized spacial score (nSPS) is 17.4. The van der Waals surface area contributed by atoms with Crippen LogP contribution in [-0.4, -0.2) is 61.3 Å². The number of carbonyl (C=O) groups excluding carboxylic acids is 2. The van der Waals surface area contributed by atoms with Crippen molar-refractivity contribution < 1.29 is 94.6 Å². The Balaban J connectivity index is 0.00000348. The molecule has 2 heterocycles. The van der Waals surface area contributed by atoms with E-state index < -0.39 is 53.9 Å². The second-order valence-corrected chi connectivity index (χ2v) is 15.8. The molecule has 4 aromatic rings. The van der Waals surface area contributed by atoms with Gasteiger partial charge < -0.3 is 9.11 Å². The van der Waals surface area contributed by atoms with Gasteiger partial charge in [-0.3, -0.25) is 9.59 Å². The van der Waals surface area contributed by atoms with Crippen molar-refractivity contribution in [2.45, 2.75) is 35.7 Å². The average molecular weight is 896 g/mol. The number of para-hydroxylation sites is 2. The number of hydrazone groups is 2. The van der Waals surface area contributed by atoms with E-state index in [2.05, 4.69) is 30.7 Å². The molecule has 0 aliphatic carbocycles. The van der Waals surface area contributed by atoms with Gasteiger partial charge in [-0.2, -0.15) is 40.7 Å². The van der Waals surface area contributed by atoms with E-state index >= 15 is 0 Å². The zero-order valence-corrected chi connectivity index (χ0v) is 37.9. The van der Waals surface area contributed by atoms with Gasteiger partial charge in [-0.05, 0) is 62.4 Å². The molecule has 2 unspecified atom stereocenters. The summed E-state index contributed by atoms with van der Waals surface area (Å²) in [6.07, 6.45) is 0. The molecule has 2 aliphatic heterocycles. The van der Waals surface area contributed by atoms with Crippen molar-refractivity contribution >= 4 is 113 Å². The van der Waals surface area contributed by atoms with E-state index in [1.165, 1.54) is 50.2 Å². The van der Waals surface area contributed by atoms with E-state index in [1.54, 1.807) is 24.3 Å². The first-order chi connectivity index (χ1) is 25.4. The number of carbonyl (C=O) groups is 2. The molecule has 2 aliphatic rings. The Hall–Kier alpha value is -2.66. The smallest absolute Gasteiger partial charge is 0.744 e. The molecular weight excluding hydrogens is 876 g/mol. The number of halogens is 4. The molecule has 0 fully saturated rings. The molecule has 0 saturated carbocycles. The van der Waals surface area contributed by atoms with Gasteiger partial charge in [0.1, 0.15) is 31.6 Å². The third-order valence-electron chi connectivity index (χ3n) is 7.83. The second kappa shape index (κ2) is 18.1. The zero-order chi connectivity index (χ0) is 39.3. The first kappa shape index (κ1) is 46.0. The quantitative estimate of drug-likeness (QED) is 0.136. The second-order valence-electron chi connectivity index (χ2n) is 11.4. The molecule has 278 valence electrons. The summed E-state index contributed by atoms with van der Waals surface area (Å²) < 4.78 is 70.9. The van der Waals surface area contributed by atoms with E-state index in [-0.39, 0.29) is 113 Å². The summed E-state index contributed by atoms with van der Waals surface area (Å²) in [5.74, 6) is -1.58. The van der Waals surface area contributed by atoms with Crippen molar-refractivity contribution in [1.29, 1.82) is 0 Å². The minimum Gasteiger partial charge on any atom is -0.744 e. The maximum absolute atomic E-state index is 13.2. The molecule has 0 saturated heterocycles. The fourth-order valence-electron chi connectivity index (χ4n) is 5.32. The Kier molecular flexibility index (Phi) is 14.9. The van der Waals surface area contributed by atoms with Gasteiger partial charge in [-0.1, -0.05) is 70.7 Å². The Labute approximate surface area is 383 Å². The van der Waals surface area contributed by atoms with Gasteiger partial charge in [0, 0.05) is 11.1 Å². The van der Waals surface area contributed by atoms with Crippen molar-refractivity contribution in [2.24, 2.45) is 30.7 Å². The molecule has 0 radical (unpaired) electrons. The molecule has 6 rings (SSSR count). The molecule has 24 heteroatoms. The molecular formula is C32H20Cl4N8Na2O8S2. The topological polar surface area (TPSA) is 229 Å². The maximum Gasteiger partial charge on any atom is 1.00 e. The van der Waals surface area contributed by atoms with Gasteiger partial charge in [0.2, 0.25) is 0 Å². The van der Waals surface area contributed by atoms with Gasteiger partial charge in [0.25, 0.3) is 11.8 Å². The van der Waals surface area contributed by atoms with Gasteiger partial charge in [0.05, 0.1) is 52.7 Å². The average Bonchev–Trinajstić information content (AvgIpc) is 3.53. The molecule has 0 aromatic heterocycles. The summed E-state index contributed by atoms with van der Waals surface area (Å²) in [4.78, 5) is 25.0. The van der Waals surface area contributed by atoms with Crippen LogP contribution >= 0.6 is 46.4 Å². The molecule has 4 aromatic carbocycles. The van der Waals surface area contributed by atoms with Crippen molar-refractivity contribution in [3.63, 3.8) is 0 Å². The predicted molar refractivity (Wildman–Crippen MR) is 199 cm³/mol. The van der Waals surface area contributed by atoms with Crippen molar-refractivity contribution in [1.82, 2.24) is 0 Å². The number of hydrogen-bond donors (Lipinski definition) is 0. The third kappa shape index (κ3) is 9.45. The SMILES string of the molecule is CC1=NN(c2c(Cl)cccc2S(=O)(=O)[O-])C(=O)C1N=Nc1ccc(-c2ccc(N=NC3C(=O)N(c4c(Cl)cccc4S(=O)(=O)[O-])N=C3C)cc2Cl)c(Cl)c1.[Na+].[Na+]. The summed E-state index contributed by atoms with van der Waals surface area (Å²) in [5, 5.41) is 26.0. The molecule has 56 heavy (non-hydrogen) atoms. The summed E-state index contributed by atoms with van der Waals surface area (Å²) in [6, 6.07) is 13.9. The first-order valence-corrected chi connectivity index (χ1v) is 19.4. The van der Waals surface area contributed by atoms with Crippen LogP contribution in [0.2, 0.25) is 20.1 Å². The molecule has 16 nitrogen and oxygen atoms in total. The number of benzene rings is 4. The summed E-state index contributed by atoms with van der Waals surface area (Å²) in [5.41, 5.74) is 1.00. The van der Waals surface area contributed by atoms with Gasteiger partial charge in [-0.25, -0.2) is 16.8 Å². The van der Waals surface area contributed by atoms with Crippen LogP contribution in [0, 0.1) is 0 Å². The van der Waals surface area contributed by atoms with Crippen LogP contribution in [0.4, 0.5) is 22.7 Å². The Morgan fingerprint density at radius 3 is 1.27 bits per heavy atom. The summed E-state index contributed by atoms with van der Waals surface area (Å²) in [7, 11) is -10.0. The van der Waals surface area contributed by atoms with Crippen LogP contribution < -0.4 is 69.1 Å². The van der Waals surface area contributed by atoms with Crippen LogP contribution in [0.15, 0.2) is 113 Å². The van der Waals surface area contributed by atoms with Crippen LogP contribution in [0.1, 0.15) is 13.8 Å². The monoisotopic (exact) mass is 894 g/mol. The Morgan fingerprint density at radius 1 is 0.589 bits per heavy atom. The van der Waals surface area contributed by atoms with E-state index in [0.717, 1.165) is 12.1 Å². The number of anilines is 2. The summed E-state index contributed by atoms with van der Waals surface area (Å²) >= 11 is 25.5. The number of amides is 2. The maximum atomic E-state index is 13.2. The van der Waals surface area contributed by atoms with Crippen molar-refractivity contribution in [3.8, 4) is 11.1 Å². The largest absolute Gasteiger partial charge is 1.00 e. The van der Waals surface area contributed by atoms with E-state index in [0.29, 0.717) is 21.1 Å². The van der Waals surface area contributed by atoms with Gasteiger partial charge in [-0.15, -0.1) is 0 Å². The first-order valence-electron chi connectivity index (χ1n) is 15.0. The molecule has 0 N–H and O–H groups in total. The minimum absolute atomic E-state index is 0. The fraction of sp³-hybridized carbons (Fsp3) is 0.125. The van der Waals surface area contributed by atoms with Crippen LogP contribution in [0.3, 0.4) is 0 Å². The number of hydrogen-bond acceptors (Lipinski definition) is 14. The zero-order valence-electron chi connectivity index (χ0n) is 29.3. The Bertz CT molecular complexity index is 2450.